The van der Waals surface area contributed by atoms with Crippen LogP contribution in [-0.2, 0) is 19.6 Å². The van der Waals surface area contributed by atoms with Crippen LogP contribution >= 0.6 is 0 Å². The summed E-state index contributed by atoms with van der Waals surface area (Å²) in [5.41, 5.74) is 2.35. The number of rotatable bonds is 8. The number of benzene rings is 2. The predicted molar refractivity (Wildman–Crippen MR) is 158 cm³/mol. The lowest BCUT2D eigenvalue weighted by atomic mass is 9.94. The molecule has 1 aliphatic heterocycles. The maximum absolute atomic E-state index is 15.3. The van der Waals surface area contributed by atoms with E-state index in [1.165, 1.54) is 38.4 Å². The maximum atomic E-state index is 15.3. The van der Waals surface area contributed by atoms with Gasteiger partial charge in [0.2, 0.25) is 11.8 Å². The van der Waals surface area contributed by atoms with Gasteiger partial charge in [-0.05, 0) is 60.9 Å². The van der Waals surface area contributed by atoms with E-state index < -0.39 is 32.4 Å². The highest BCUT2D eigenvalue weighted by molar-refractivity contribution is 7.92. The highest BCUT2D eigenvalue weighted by Gasteiger charge is 2.23. The van der Waals surface area contributed by atoms with Crippen molar-refractivity contribution in [1.82, 2.24) is 14.9 Å². The number of sulfonamides is 1. The number of fused-ring (bicyclic) bond motifs is 1. The average Bonchev–Trinajstić information content (AvgIpc) is 2.99. The maximum Gasteiger partial charge on any atom is 0.264 e. The van der Waals surface area contributed by atoms with Gasteiger partial charge in [0.05, 0.1) is 18.8 Å². The van der Waals surface area contributed by atoms with Gasteiger partial charge in [-0.1, -0.05) is 12.1 Å². The molecule has 0 saturated carbocycles. The molecule has 2 aromatic heterocycles. The number of aromatic nitrogens is 2. The van der Waals surface area contributed by atoms with Crippen LogP contribution in [0.25, 0.3) is 27.6 Å². The number of nitrogens with one attached hydrogen (secondary N) is 1. The second-order valence-electron chi connectivity index (χ2n) is 9.88. The van der Waals surface area contributed by atoms with Crippen LogP contribution in [0, 0.1) is 17.5 Å². The zero-order chi connectivity index (χ0) is 31.6. The number of carbonyl (C=O) groups is 2. The molecule has 0 bridgehead atoms. The molecule has 0 unspecified atom stereocenters. The molecule has 1 amide bonds. The van der Waals surface area contributed by atoms with Crippen LogP contribution < -0.4 is 9.46 Å². The number of pyridine rings is 2. The van der Waals surface area contributed by atoms with Gasteiger partial charge in [-0.3, -0.25) is 19.3 Å². The first-order chi connectivity index (χ1) is 21.0. The normalized spacial score (nSPS) is 13.7. The number of halogens is 3. The number of amides is 1. The Morgan fingerprint density at radius 3 is 2.45 bits per heavy atom. The Morgan fingerprint density at radius 2 is 1.77 bits per heavy atom. The summed E-state index contributed by atoms with van der Waals surface area (Å²) in [5, 5.41) is 0.483. The summed E-state index contributed by atoms with van der Waals surface area (Å²) in [4.78, 5) is 32.7. The number of ether oxygens (including phenoxy) is 1. The zero-order valence-electron chi connectivity index (χ0n) is 23.5. The van der Waals surface area contributed by atoms with Gasteiger partial charge in [-0.15, -0.1) is 0 Å². The number of hydrogen-bond donors (Lipinski definition) is 1. The quantitative estimate of drug-likeness (QED) is 0.266. The van der Waals surface area contributed by atoms with E-state index in [4.69, 9.17) is 4.74 Å². The van der Waals surface area contributed by atoms with Crippen molar-refractivity contribution in [1.29, 1.82) is 0 Å². The molecule has 9 nitrogen and oxygen atoms in total. The molecule has 0 saturated heterocycles. The number of carbonyl (C=O) groups excluding carboxylic acids is 2. The fraction of sp³-hybridized carbons (Fsp3) is 0.161. The molecular weight excluding hydrogens is 597 g/mol. The molecule has 2 aromatic carbocycles. The molecule has 226 valence electrons. The van der Waals surface area contributed by atoms with E-state index in [1.54, 1.807) is 29.2 Å². The van der Waals surface area contributed by atoms with Crippen molar-refractivity contribution in [2.75, 3.05) is 24.9 Å². The van der Waals surface area contributed by atoms with Gasteiger partial charge in [0, 0.05) is 47.9 Å². The average molecular weight is 623 g/mol. The van der Waals surface area contributed by atoms with Gasteiger partial charge in [0.15, 0.2) is 5.78 Å². The number of allylic oxidation sites excluding steroid dienone is 1. The Morgan fingerprint density at radius 1 is 0.977 bits per heavy atom. The molecule has 0 radical (unpaired) electrons. The van der Waals surface area contributed by atoms with Gasteiger partial charge in [0.1, 0.15) is 28.0 Å². The minimum Gasteiger partial charge on any atom is -0.480 e. The summed E-state index contributed by atoms with van der Waals surface area (Å²) in [6.45, 7) is 1.89. The van der Waals surface area contributed by atoms with Crippen molar-refractivity contribution < 1.29 is 35.9 Å². The first-order valence-corrected chi connectivity index (χ1v) is 14.7. The highest BCUT2D eigenvalue weighted by atomic mass is 32.2. The van der Waals surface area contributed by atoms with Crippen LogP contribution in [0.3, 0.4) is 0 Å². The molecule has 44 heavy (non-hydrogen) atoms. The van der Waals surface area contributed by atoms with Crippen LogP contribution in [0.15, 0.2) is 78.0 Å². The Balaban J connectivity index is 1.50. The van der Waals surface area contributed by atoms with Crippen LogP contribution in [0.5, 0.6) is 5.88 Å². The molecule has 0 atom stereocenters. The summed E-state index contributed by atoms with van der Waals surface area (Å²) < 4.78 is 76.3. The smallest absolute Gasteiger partial charge is 0.264 e. The van der Waals surface area contributed by atoms with Gasteiger partial charge in [-0.2, -0.15) is 0 Å². The van der Waals surface area contributed by atoms with Gasteiger partial charge in [-0.25, -0.2) is 26.6 Å². The molecule has 0 aliphatic carbocycles. The van der Waals surface area contributed by atoms with Crippen LogP contribution in [-0.4, -0.2) is 55.2 Å². The van der Waals surface area contributed by atoms with Crippen molar-refractivity contribution in [3.05, 3.63) is 96.1 Å². The van der Waals surface area contributed by atoms with Crippen molar-refractivity contribution in [2.24, 2.45) is 0 Å². The fourth-order valence-corrected chi connectivity index (χ4v) is 5.91. The number of methoxy groups -OCH3 is 1. The number of ketones is 1. The Kier molecular flexibility index (Phi) is 8.50. The topological polar surface area (TPSA) is 119 Å². The number of nitrogens with zero attached hydrogens (tertiary/aromatic N) is 3. The monoisotopic (exact) mass is 622 g/mol. The molecule has 4 aromatic rings. The zero-order valence-corrected chi connectivity index (χ0v) is 24.3. The highest BCUT2D eigenvalue weighted by Crippen LogP contribution is 2.35. The predicted octanol–water partition coefficient (Wildman–Crippen LogP) is 5.28. The molecule has 0 spiro atoms. The number of hydrogen-bond acceptors (Lipinski definition) is 7. The Bertz CT molecular complexity index is 1980. The molecule has 3 heterocycles. The first-order valence-electron chi connectivity index (χ1n) is 13.2. The lowest BCUT2D eigenvalue weighted by molar-refractivity contribution is -0.126. The fourth-order valence-electron chi connectivity index (χ4n) is 4.80. The van der Waals surface area contributed by atoms with Crippen molar-refractivity contribution in [2.45, 2.75) is 18.2 Å². The first kappa shape index (κ1) is 30.4. The van der Waals surface area contributed by atoms with E-state index >= 15 is 4.39 Å². The molecular formula is C31H25F3N4O5S. The third-order valence-electron chi connectivity index (χ3n) is 6.93. The van der Waals surface area contributed by atoms with Crippen LogP contribution in [0.4, 0.5) is 18.9 Å². The minimum absolute atomic E-state index is 0.0985. The van der Waals surface area contributed by atoms with E-state index in [-0.39, 0.29) is 29.8 Å². The summed E-state index contributed by atoms with van der Waals surface area (Å²) >= 11 is 0. The molecule has 1 aliphatic rings. The van der Waals surface area contributed by atoms with E-state index in [2.05, 4.69) is 14.7 Å². The summed E-state index contributed by atoms with van der Waals surface area (Å²) in [7, 11) is -3.22. The van der Waals surface area contributed by atoms with Crippen molar-refractivity contribution in [3.63, 3.8) is 0 Å². The lowest BCUT2D eigenvalue weighted by Crippen LogP contribution is -2.33. The SMILES string of the molecule is COc1ncc(-c2ccc3ncc(F)c(C4=CCN(C(=O)C=CC(C)=O)CC4)c3c2)cc1NS(=O)(=O)c1ccc(F)cc1F. The second kappa shape index (κ2) is 12.3. The lowest BCUT2D eigenvalue weighted by Gasteiger charge is -2.26. The van der Waals surface area contributed by atoms with E-state index in [9.17, 15) is 26.8 Å². The van der Waals surface area contributed by atoms with E-state index in [0.717, 1.165) is 18.3 Å². The second-order valence-corrected chi connectivity index (χ2v) is 11.5. The molecule has 1 N–H and O–H groups in total. The third-order valence-corrected chi connectivity index (χ3v) is 8.33. The van der Waals surface area contributed by atoms with Gasteiger partial charge in [0.25, 0.3) is 10.0 Å². The number of anilines is 1. The summed E-state index contributed by atoms with van der Waals surface area (Å²) in [5.74, 6) is -3.42. The largest absolute Gasteiger partial charge is 0.480 e. The molecule has 13 heteroatoms. The van der Waals surface area contributed by atoms with Gasteiger partial charge < -0.3 is 9.64 Å². The van der Waals surface area contributed by atoms with Crippen molar-refractivity contribution >= 4 is 43.9 Å². The minimum atomic E-state index is -4.50. The standard InChI is InChI=1S/C31H25F3N4O5S/c1-18(39)3-8-29(40)38-11-9-19(10-12-38)30-23-13-20(4-6-26(23)35-17-25(30)34)21-14-27(31(43-2)36-16-21)37-44(41,42)28-7-5-22(32)15-24(28)33/h3-9,13-17,37H,10-12H2,1-2H3. The van der Waals surface area contributed by atoms with E-state index in [0.29, 0.717) is 52.2 Å². The third kappa shape index (κ3) is 6.32. The Hall–Kier alpha value is -5.04. The van der Waals surface area contributed by atoms with Crippen LogP contribution in [0.1, 0.15) is 18.9 Å². The molecule has 0 fully saturated rings. The van der Waals surface area contributed by atoms with Gasteiger partial charge >= 0.3 is 0 Å². The molecule has 5 rings (SSSR count). The van der Waals surface area contributed by atoms with Crippen molar-refractivity contribution in [3.8, 4) is 17.0 Å². The van der Waals surface area contributed by atoms with E-state index in [1.807, 2.05) is 0 Å². The summed E-state index contributed by atoms with van der Waals surface area (Å²) in [6, 6.07) is 8.60. The summed E-state index contributed by atoms with van der Waals surface area (Å²) in [6.07, 6.45) is 7.08. The van der Waals surface area contributed by atoms with Crippen LogP contribution in [0.2, 0.25) is 0 Å². The Labute approximate surface area is 250 Å².